The lowest BCUT2D eigenvalue weighted by molar-refractivity contribution is -0.142. The van der Waals surface area contributed by atoms with E-state index in [1.54, 1.807) is 18.4 Å². The van der Waals surface area contributed by atoms with Crippen LogP contribution in [0.2, 0.25) is 0 Å². The zero-order chi connectivity index (χ0) is 25.0. The number of aromatic hydroxyl groups is 1. The van der Waals surface area contributed by atoms with Crippen LogP contribution in [0.5, 0.6) is 5.75 Å². The molecule has 0 bridgehead atoms. The van der Waals surface area contributed by atoms with Gasteiger partial charge in [-0.25, -0.2) is 4.79 Å². The number of carbonyl (C=O) groups is 4. The van der Waals surface area contributed by atoms with Gasteiger partial charge in [-0.05, 0) is 42.5 Å². The summed E-state index contributed by atoms with van der Waals surface area (Å²) in [6.07, 6.45) is 2.11. The molecule has 33 heavy (non-hydrogen) atoms. The predicted octanol–water partition coefficient (Wildman–Crippen LogP) is -1.52. The van der Waals surface area contributed by atoms with Gasteiger partial charge in [-0.2, -0.15) is 24.4 Å². The first kappa shape index (κ1) is 28.6. The lowest BCUT2D eigenvalue weighted by Crippen LogP contribution is -2.58. The molecule has 8 N–H and O–H groups in total. The van der Waals surface area contributed by atoms with E-state index in [1.807, 2.05) is 0 Å². The molecule has 0 aliphatic heterocycles. The molecular formula is C20H30N4O7S2. The smallest absolute Gasteiger partial charge is 0.326 e. The normalized spacial score (nSPS) is 14.4. The first-order chi connectivity index (χ1) is 15.6. The molecule has 11 nitrogen and oxygen atoms in total. The van der Waals surface area contributed by atoms with Crippen molar-refractivity contribution in [3.05, 3.63) is 29.8 Å². The molecule has 0 fully saturated rings. The summed E-state index contributed by atoms with van der Waals surface area (Å²) in [7, 11) is 0. The van der Waals surface area contributed by atoms with Crippen molar-refractivity contribution in [1.82, 2.24) is 16.0 Å². The number of phenolic OH excluding ortho intramolecular Hbond substituents is 1. The number of nitrogens with one attached hydrogen (secondary N) is 3. The Morgan fingerprint density at radius 3 is 2.06 bits per heavy atom. The SMILES string of the molecule is CSCCC(NC(=O)C(CO)NC(=O)C(CS)NC(=O)C(N)Cc1ccc(O)cc1)C(=O)O. The number of benzene rings is 1. The number of rotatable bonds is 14. The maximum atomic E-state index is 12.5. The highest BCUT2D eigenvalue weighted by Gasteiger charge is 2.29. The molecule has 0 aromatic heterocycles. The molecule has 0 spiro atoms. The number of thioether (sulfide) groups is 1. The average molecular weight is 503 g/mol. The van der Waals surface area contributed by atoms with E-state index in [9.17, 15) is 34.5 Å². The fourth-order valence-corrected chi connectivity index (χ4v) is 3.41. The number of aliphatic carboxylic acids is 1. The molecule has 4 atom stereocenters. The molecule has 0 aliphatic rings. The van der Waals surface area contributed by atoms with Gasteiger partial charge in [0.2, 0.25) is 17.7 Å². The second-order valence-electron chi connectivity index (χ2n) is 7.15. The number of hydrogen-bond acceptors (Lipinski definition) is 9. The molecule has 3 amide bonds. The van der Waals surface area contributed by atoms with E-state index in [2.05, 4.69) is 28.6 Å². The van der Waals surface area contributed by atoms with Crippen LogP contribution in [0.3, 0.4) is 0 Å². The van der Waals surface area contributed by atoms with Gasteiger partial charge in [0.25, 0.3) is 0 Å². The number of aliphatic hydroxyl groups excluding tert-OH is 1. The molecule has 184 valence electrons. The zero-order valence-electron chi connectivity index (χ0n) is 18.1. The van der Waals surface area contributed by atoms with Crippen LogP contribution < -0.4 is 21.7 Å². The monoisotopic (exact) mass is 502 g/mol. The fraction of sp³-hybridized carbons (Fsp3) is 0.500. The molecule has 13 heteroatoms. The number of carboxylic acid groups (broad SMARTS) is 1. The quantitative estimate of drug-likeness (QED) is 0.140. The van der Waals surface area contributed by atoms with Gasteiger partial charge in [0, 0.05) is 5.75 Å². The minimum Gasteiger partial charge on any atom is -0.508 e. The number of aliphatic hydroxyl groups is 1. The van der Waals surface area contributed by atoms with Gasteiger partial charge in [-0.3, -0.25) is 14.4 Å². The Morgan fingerprint density at radius 2 is 1.55 bits per heavy atom. The number of carbonyl (C=O) groups excluding carboxylic acids is 3. The third-order valence-corrected chi connectivity index (χ3v) is 5.59. The van der Waals surface area contributed by atoms with Crippen molar-refractivity contribution < 1.29 is 34.5 Å². The van der Waals surface area contributed by atoms with Crippen molar-refractivity contribution in [1.29, 1.82) is 0 Å². The van der Waals surface area contributed by atoms with E-state index in [4.69, 9.17) is 5.73 Å². The molecule has 4 unspecified atom stereocenters. The van der Waals surface area contributed by atoms with Gasteiger partial charge >= 0.3 is 5.97 Å². The summed E-state index contributed by atoms with van der Waals surface area (Å²) in [5, 5.41) is 35.1. The highest BCUT2D eigenvalue weighted by molar-refractivity contribution is 7.98. The van der Waals surface area contributed by atoms with Crippen LogP contribution in [0.4, 0.5) is 0 Å². The molecule has 0 radical (unpaired) electrons. The van der Waals surface area contributed by atoms with Gasteiger partial charge in [0.15, 0.2) is 0 Å². The number of carboxylic acids is 1. The fourth-order valence-electron chi connectivity index (χ4n) is 2.68. The summed E-state index contributed by atoms with van der Waals surface area (Å²) < 4.78 is 0. The molecule has 1 aromatic rings. The molecule has 0 saturated carbocycles. The van der Waals surface area contributed by atoms with E-state index >= 15 is 0 Å². The van der Waals surface area contributed by atoms with E-state index in [1.165, 1.54) is 23.9 Å². The van der Waals surface area contributed by atoms with Crippen LogP contribution in [0.25, 0.3) is 0 Å². The van der Waals surface area contributed by atoms with E-state index < -0.39 is 54.5 Å². The first-order valence-electron chi connectivity index (χ1n) is 10.0. The lowest BCUT2D eigenvalue weighted by atomic mass is 10.1. The maximum absolute atomic E-state index is 12.5. The topological polar surface area (TPSA) is 191 Å². The van der Waals surface area contributed by atoms with Crippen LogP contribution in [0.1, 0.15) is 12.0 Å². The van der Waals surface area contributed by atoms with Crippen LogP contribution in [0.15, 0.2) is 24.3 Å². The standard InChI is InChI=1S/C20H30N4O7S2/c1-33-7-6-14(20(30)31)22-18(28)15(9-25)23-19(29)16(10-32)24-17(27)13(21)8-11-2-4-12(26)5-3-11/h2-5,13-16,25-26,32H,6-10,21H2,1H3,(H,22,28)(H,23,29)(H,24,27)(H,30,31). The van der Waals surface area contributed by atoms with Crippen molar-refractivity contribution in [2.24, 2.45) is 5.73 Å². The minimum absolute atomic E-state index is 0.0741. The summed E-state index contributed by atoms with van der Waals surface area (Å²) in [5.74, 6) is -3.08. The Kier molecular flexibility index (Phi) is 12.7. The van der Waals surface area contributed by atoms with Crippen molar-refractivity contribution in [3.8, 4) is 5.75 Å². The van der Waals surface area contributed by atoms with E-state index in [0.29, 0.717) is 11.3 Å². The third kappa shape index (κ3) is 9.90. The Balaban J connectivity index is 2.69. The largest absolute Gasteiger partial charge is 0.508 e. The third-order valence-electron chi connectivity index (χ3n) is 4.59. The zero-order valence-corrected chi connectivity index (χ0v) is 19.8. The minimum atomic E-state index is -1.42. The van der Waals surface area contributed by atoms with Gasteiger partial charge in [-0.1, -0.05) is 12.1 Å². The molecule has 0 aliphatic carbocycles. The van der Waals surface area contributed by atoms with Gasteiger partial charge < -0.3 is 37.0 Å². The lowest BCUT2D eigenvalue weighted by Gasteiger charge is -2.23. The molecule has 0 saturated heterocycles. The molecule has 1 aromatic carbocycles. The maximum Gasteiger partial charge on any atom is 0.326 e. The first-order valence-corrected chi connectivity index (χ1v) is 12.0. The van der Waals surface area contributed by atoms with Crippen LogP contribution in [0, 0.1) is 0 Å². The Hall–Kier alpha value is -2.48. The van der Waals surface area contributed by atoms with Crippen molar-refractivity contribution in [2.75, 3.05) is 24.4 Å². The molecule has 1 rings (SSSR count). The Morgan fingerprint density at radius 1 is 1.00 bits per heavy atom. The van der Waals surface area contributed by atoms with Gasteiger partial charge in [0.1, 0.15) is 23.9 Å². The molecule has 0 heterocycles. The summed E-state index contributed by atoms with van der Waals surface area (Å²) in [5.41, 5.74) is 6.60. The predicted molar refractivity (Wildman–Crippen MR) is 127 cm³/mol. The van der Waals surface area contributed by atoms with Crippen molar-refractivity contribution in [3.63, 3.8) is 0 Å². The second-order valence-corrected chi connectivity index (χ2v) is 8.50. The number of thiol groups is 1. The number of amides is 3. The average Bonchev–Trinajstić information content (AvgIpc) is 2.79. The van der Waals surface area contributed by atoms with Crippen LogP contribution in [-0.4, -0.2) is 87.5 Å². The van der Waals surface area contributed by atoms with Crippen molar-refractivity contribution >= 4 is 48.1 Å². The summed E-state index contributed by atoms with van der Waals surface area (Å²) in [4.78, 5) is 48.6. The Labute approximate surface area is 201 Å². The number of hydrogen-bond donors (Lipinski definition) is 8. The van der Waals surface area contributed by atoms with E-state index in [-0.39, 0.29) is 24.3 Å². The summed E-state index contributed by atoms with van der Waals surface area (Å²) >= 11 is 5.46. The Bertz CT molecular complexity index is 810. The van der Waals surface area contributed by atoms with Crippen molar-refractivity contribution in [2.45, 2.75) is 37.0 Å². The van der Waals surface area contributed by atoms with E-state index in [0.717, 1.165) is 0 Å². The van der Waals surface area contributed by atoms with Crippen LogP contribution in [-0.2, 0) is 25.6 Å². The van der Waals surface area contributed by atoms with Gasteiger partial charge in [-0.15, -0.1) is 0 Å². The summed E-state index contributed by atoms with van der Waals surface area (Å²) in [6.45, 7) is -0.778. The second kappa shape index (κ2) is 14.6. The van der Waals surface area contributed by atoms with Gasteiger partial charge in [0.05, 0.1) is 12.6 Å². The molecular weight excluding hydrogens is 472 g/mol. The highest BCUT2D eigenvalue weighted by atomic mass is 32.2. The highest BCUT2D eigenvalue weighted by Crippen LogP contribution is 2.11. The number of nitrogens with two attached hydrogens (primary N) is 1. The number of phenols is 1. The van der Waals surface area contributed by atoms with Crippen LogP contribution >= 0.6 is 24.4 Å². The summed E-state index contributed by atoms with van der Waals surface area (Å²) in [6, 6.07) is 1.40.